The zero-order valence-electron chi connectivity index (χ0n) is 44.3. The van der Waals surface area contributed by atoms with Crippen LogP contribution >= 0.6 is 27.7 Å². The molecule has 3 amide bonds. The van der Waals surface area contributed by atoms with Gasteiger partial charge in [-0.15, -0.1) is 0 Å². The molecular weight excluding hydrogens is 1090 g/mol. The van der Waals surface area contributed by atoms with Crippen molar-refractivity contribution in [1.82, 2.24) is 40.8 Å². The molecule has 0 aliphatic heterocycles. The van der Waals surface area contributed by atoms with Crippen molar-refractivity contribution in [2.24, 2.45) is 0 Å². The van der Waals surface area contributed by atoms with E-state index in [0.717, 1.165) is 53.7 Å². The summed E-state index contributed by atoms with van der Waals surface area (Å²) in [5.41, 5.74) is 7.56. The van der Waals surface area contributed by atoms with Crippen LogP contribution in [0.3, 0.4) is 0 Å². The van der Waals surface area contributed by atoms with Crippen LogP contribution in [0.15, 0.2) is 143 Å². The van der Waals surface area contributed by atoms with Gasteiger partial charge in [-0.2, -0.15) is 0 Å². The molecule has 79 heavy (non-hydrogen) atoms. The Morgan fingerprint density at radius 3 is 2.24 bits per heavy atom. The van der Waals surface area contributed by atoms with Crippen molar-refractivity contribution in [2.75, 3.05) is 33.4 Å². The maximum atomic E-state index is 14.8. The molecular formula is C57H64B3BrN8O9S. The minimum Gasteiger partial charge on any atom is -0.460 e. The number of likely N-dealkylation sites (N-methyl/N-ethyl adjacent to an activating group) is 1. The molecule has 2 aromatic heterocycles. The molecule has 0 bridgehead atoms. The minimum atomic E-state index is -1.13. The second-order valence-electron chi connectivity index (χ2n) is 18.9. The van der Waals surface area contributed by atoms with Crippen LogP contribution in [0.2, 0.25) is 6.82 Å². The molecule has 0 unspecified atom stereocenters. The monoisotopic (exact) mass is 1150 g/mol. The Bertz CT molecular complexity index is 3030. The number of ether oxygens (including phenoxy) is 2. The Hall–Kier alpha value is -6.81. The molecule has 4 aromatic carbocycles. The number of halogens is 1. The van der Waals surface area contributed by atoms with E-state index in [1.54, 1.807) is 29.8 Å². The maximum Gasteiger partial charge on any atom is 0.413 e. The van der Waals surface area contributed by atoms with Crippen molar-refractivity contribution >= 4 is 96.7 Å². The smallest absolute Gasteiger partial charge is 0.413 e. The molecule has 408 valence electrons. The van der Waals surface area contributed by atoms with E-state index in [0.29, 0.717) is 61.7 Å². The second-order valence-corrected chi connectivity index (χ2v) is 20.8. The van der Waals surface area contributed by atoms with Gasteiger partial charge in [0.1, 0.15) is 30.3 Å². The summed E-state index contributed by atoms with van der Waals surface area (Å²) in [5, 5.41) is 27.3. The standard InChI is InChI=1S/C57H64B3BrN8O9S/c1-4-30-77-56(74)51(31-39-34-69(60(2)76)50-25-10-9-17-40(39)50)68(3)55(73)49(23-11-12-28-65-58-36-70)67-53(72)48(24-15-29-66-59-37-71)63-32-38-16-14-27-62-54(38)79-52-26-13-22-47(61)45(52)33-64-57(75)78-35-46-43-20-7-5-18-41(43)42-19-6-8-21-44(42)46/h4-10,13-14,16-22,25-27,34,36-37,46,48-49,51,63,65-66,76H,1,11-12,15,23-24,28-33,35H2,2-3H3,(H,64,75)(H,67,72)/t48-,49-,51-/m0/s1. The number of nitrogens with zero attached hydrogens (tertiary/aromatic N) is 3. The van der Waals surface area contributed by atoms with Crippen LogP contribution in [-0.2, 0) is 53.0 Å². The Morgan fingerprint density at radius 1 is 0.848 bits per heavy atom. The molecule has 2 radical (unpaired) electrons. The Kier molecular flexibility index (Phi) is 23.1. The number of carbonyl (C=O) groups is 6. The van der Waals surface area contributed by atoms with E-state index in [4.69, 9.17) is 14.5 Å². The average molecular weight is 1150 g/mol. The lowest BCUT2D eigenvalue weighted by Crippen LogP contribution is -2.56. The number of benzene rings is 4. The number of nitrogens with one attached hydrogen (secondary N) is 5. The van der Waals surface area contributed by atoms with Crippen LogP contribution in [0.25, 0.3) is 22.0 Å². The summed E-state index contributed by atoms with van der Waals surface area (Å²) < 4.78 is 13.9. The number of carbonyl (C=O) groups excluding carboxylic acids is 6. The van der Waals surface area contributed by atoms with Gasteiger partial charge in [-0.05, 0) is 121 Å². The number of aromatic nitrogens is 2. The van der Waals surface area contributed by atoms with Crippen LogP contribution in [0.4, 0.5) is 4.79 Å². The fourth-order valence-electron chi connectivity index (χ4n) is 9.68. The quantitative estimate of drug-likeness (QED) is 0.00881. The van der Waals surface area contributed by atoms with Crippen LogP contribution in [-0.4, -0.2) is 129 Å². The van der Waals surface area contributed by atoms with Crippen molar-refractivity contribution in [2.45, 2.75) is 92.4 Å². The van der Waals surface area contributed by atoms with Gasteiger partial charge < -0.3 is 59.9 Å². The fraction of sp³-hybridized carbons (Fsp3) is 0.316. The molecule has 6 aromatic rings. The Balaban J connectivity index is 1.06. The van der Waals surface area contributed by atoms with Gasteiger partial charge in [-0.1, -0.05) is 119 Å². The highest BCUT2D eigenvalue weighted by Crippen LogP contribution is 2.44. The number of amides is 3. The van der Waals surface area contributed by atoms with Gasteiger partial charge in [0.2, 0.25) is 11.8 Å². The molecule has 7 rings (SSSR count). The molecule has 0 saturated carbocycles. The van der Waals surface area contributed by atoms with Gasteiger partial charge in [0.25, 0.3) is 14.8 Å². The highest BCUT2D eigenvalue weighted by molar-refractivity contribution is 9.10. The zero-order valence-corrected chi connectivity index (χ0v) is 46.7. The molecule has 1 aliphatic rings. The third-order valence-electron chi connectivity index (χ3n) is 13.7. The summed E-state index contributed by atoms with van der Waals surface area (Å²) in [5.74, 6) is -1.74. The Labute approximate surface area is 475 Å². The van der Waals surface area contributed by atoms with Gasteiger partial charge in [0, 0.05) is 58.9 Å². The number of rotatable bonds is 32. The molecule has 2 heterocycles. The zero-order chi connectivity index (χ0) is 56.1. The largest absolute Gasteiger partial charge is 0.460 e. The van der Waals surface area contributed by atoms with E-state index < -0.39 is 49.1 Å². The summed E-state index contributed by atoms with van der Waals surface area (Å²) in [6.07, 6.45) is 7.66. The number of fused-ring (bicyclic) bond motifs is 4. The molecule has 17 nitrogen and oxygen atoms in total. The summed E-state index contributed by atoms with van der Waals surface area (Å²) in [7, 11) is 3.22. The lowest BCUT2D eigenvalue weighted by molar-refractivity contribution is -0.154. The van der Waals surface area contributed by atoms with Crippen molar-refractivity contribution in [3.63, 3.8) is 0 Å². The number of alkyl carbamates (subject to hydrolysis) is 1. The highest BCUT2D eigenvalue weighted by Gasteiger charge is 2.35. The van der Waals surface area contributed by atoms with Crippen LogP contribution < -0.4 is 26.4 Å². The predicted octanol–water partition coefficient (Wildman–Crippen LogP) is 6.44. The van der Waals surface area contributed by atoms with Crippen molar-refractivity contribution < 1.29 is 43.3 Å². The van der Waals surface area contributed by atoms with Crippen LogP contribution in [0.5, 0.6) is 0 Å². The van der Waals surface area contributed by atoms with Crippen LogP contribution in [0, 0.1) is 0 Å². The normalized spacial score (nSPS) is 12.8. The molecule has 6 N–H and O–H groups in total. The first kappa shape index (κ1) is 59.8. The Morgan fingerprint density at radius 2 is 1.53 bits per heavy atom. The fourth-order valence-corrected chi connectivity index (χ4v) is 11.4. The molecule has 0 saturated heterocycles. The third-order valence-corrected chi connectivity index (χ3v) is 15.6. The first-order chi connectivity index (χ1) is 38.4. The summed E-state index contributed by atoms with van der Waals surface area (Å²) in [6, 6.07) is 30.2. The van der Waals surface area contributed by atoms with E-state index in [9.17, 15) is 33.8 Å². The predicted molar refractivity (Wildman–Crippen MR) is 314 cm³/mol. The van der Waals surface area contributed by atoms with E-state index >= 15 is 0 Å². The van der Waals surface area contributed by atoms with Gasteiger partial charge >= 0.3 is 19.1 Å². The number of pyridine rings is 1. The summed E-state index contributed by atoms with van der Waals surface area (Å²) >= 11 is 5.10. The van der Waals surface area contributed by atoms with Gasteiger partial charge in [-0.3, -0.25) is 9.59 Å². The number of esters is 1. The summed E-state index contributed by atoms with van der Waals surface area (Å²) in [6.45, 7) is 6.59. The SMILES string of the molecule is C=CCOC(=O)[C@H](Cc1cn(B(C)O)c2ccccc12)N(C)C(=O)[C@H](CCCCN[B]C=O)NC(=O)[C@H](CCCN[B]C=O)NCc1cccnc1Sc1cccc(Br)c1CNC(=O)OCC1c2ccccc2-c2ccccc21. The molecule has 1 aliphatic carbocycles. The second kappa shape index (κ2) is 30.5. The third kappa shape index (κ3) is 16.2. The first-order valence-electron chi connectivity index (χ1n) is 26.3. The molecule has 0 fully saturated rings. The molecule has 0 spiro atoms. The minimum absolute atomic E-state index is 0.0432. The highest BCUT2D eigenvalue weighted by atomic mass is 79.9. The van der Waals surface area contributed by atoms with E-state index in [1.165, 1.54) is 44.6 Å². The first-order valence-corrected chi connectivity index (χ1v) is 27.9. The number of hydrogen-bond acceptors (Lipinski definition) is 14. The average Bonchev–Trinajstić information content (AvgIpc) is 4.14. The lowest BCUT2D eigenvalue weighted by atomic mass is 9.88. The number of hydrogen-bond donors (Lipinski definition) is 6. The van der Waals surface area contributed by atoms with E-state index in [1.807, 2.05) is 72.8 Å². The molecule has 3 atom stereocenters. The number of para-hydroxylation sites is 1. The van der Waals surface area contributed by atoms with Gasteiger partial charge in [0.05, 0.1) is 18.4 Å². The topological polar surface area (TPSA) is 222 Å². The lowest BCUT2D eigenvalue weighted by Gasteiger charge is -2.31. The van der Waals surface area contributed by atoms with Gasteiger partial charge in [0.15, 0.2) is 0 Å². The van der Waals surface area contributed by atoms with Gasteiger partial charge in [-0.25, -0.2) is 14.6 Å². The van der Waals surface area contributed by atoms with Crippen molar-refractivity contribution in [1.29, 1.82) is 0 Å². The summed E-state index contributed by atoms with van der Waals surface area (Å²) in [4.78, 5) is 85.6. The number of unbranched alkanes of at least 4 members (excludes halogenated alkanes) is 1. The molecule has 22 heteroatoms. The van der Waals surface area contributed by atoms with Crippen molar-refractivity contribution in [3.8, 4) is 11.1 Å². The van der Waals surface area contributed by atoms with Crippen molar-refractivity contribution in [3.05, 3.63) is 160 Å². The van der Waals surface area contributed by atoms with E-state index in [-0.39, 0.29) is 45.1 Å². The van der Waals surface area contributed by atoms with E-state index in [2.05, 4.69) is 73.2 Å². The maximum absolute atomic E-state index is 14.8. The van der Waals surface area contributed by atoms with Crippen LogP contribution in [0.1, 0.15) is 65.8 Å².